The molecule has 8 aromatic carbocycles. The van der Waals surface area contributed by atoms with Gasteiger partial charge in [-0.2, -0.15) is 0 Å². The van der Waals surface area contributed by atoms with Crippen molar-refractivity contribution in [2.45, 2.75) is 12.5 Å². The van der Waals surface area contributed by atoms with Gasteiger partial charge in [-0.25, -0.2) is 0 Å². The Labute approximate surface area is 321 Å². The highest BCUT2D eigenvalue weighted by molar-refractivity contribution is 6.11. The van der Waals surface area contributed by atoms with Crippen molar-refractivity contribution in [2.75, 3.05) is 4.90 Å². The molecule has 1 unspecified atom stereocenters. The van der Waals surface area contributed by atoms with Crippen LogP contribution in [0.2, 0.25) is 0 Å². The molecule has 0 amide bonds. The fourth-order valence-corrected chi connectivity index (χ4v) is 7.93. The summed E-state index contributed by atoms with van der Waals surface area (Å²) in [6.45, 7) is 4.41. The third-order valence-electron chi connectivity index (χ3n) is 10.7. The zero-order valence-corrected chi connectivity index (χ0v) is 30.2. The van der Waals surface area contributed by atoms with E-state index in [1.165, 1.54) is 22.3 Å². The number of ether oxygens (including phenoxy) is 1. The third kappa shape index (κ3) is 6.06. The van der Waals surface area contributed by atoms with Crippen molar-refractivity contribution in [1.82, 2.24) is 0 Å². The normalized spacial score (nSPS) is 13.7. The van der Waals surface area contributed by atoms with Crippen molar-refractivity contribution in [3.8, 4) is 39.1 Å². The Bertz CT molecular complexity index is 2800. The monoisotopic (exact) mass is 707 g/mol. The molecule has 0 saturated carbocycles. The summed E-state index contributed by atoms with van der Waals surface area (Å²) in [6, 6.07) is 68.5. The van der Waals surface area contributed by atoms with Crippen LogP contribution in [-0.4, -0.2) is 0 Å². The third-order valence-corrected chi connectivity index (χ3v) is 10.7. The van der Waals surface area contributed by atoms with Gasteiger partial charge in [-0.15, -0.1) is 0 Å². The minimum atomic E-state index is -0.183. The lowest BCUT2D eigenvalue weighted by molar-refractivity contribution is 0.226. The second kappa shape index (κ2) is 13.7. The van der Waals surface area contributed by atoms with E-state index in [0.717, 1.165) is 79.0 Å². The van der Waals surface area contributed by atoms with Crippen LogP contribution >= 0.6 is 0 Å². The minimum Gasteiger partial charge on any atom is -0.481 e. The highest BCUT2D eigenvalue weighted by Crippen LogP contribution is 2.46. The van der Waals surface area contributed by atoms with Crippen molar-refractivity contribution in [2.24, 2.45) is 0 Å². The lowest BCUT2D eigenvalue weighted by Gasteiger charge is -2.28. The molecule has 2 heterocycles. The molecule has 3 nitrogen and oxygen atoms in total. The molecule has 0 saturated heterocycles. The fourth-order valence-electron chi connectivity index (χ4n) is 7.93. The number of fused-ring (bicyclic) bond motifs is 4. The lowest BCUT2D eigenvalue weighted by atomic mass is 9.92. The molecule has 3 heteroatoms. The van der Waals surface area contributed by atoms with Crippen LogP contribution in [0.5, 0.6) is 5.75 Å². The van der Waals surface area contributed by atoms with E-state index in [-0.39, 0.29) is 6.10 Å². The van der Waals surface area contributed by atoms with Crippen LogP contribution < -0.4 is 9.64 Å². The Kier molecular flexibility index (Phi) is 8.11. The van der Waals surface area contributed by atoms with Gasteiger partial charge in [-0.3, -0.25) is 0 Å². The van der Waals surface area contributed by atoms with Crippen LogP contribution in [0, 0.1) is 0 Å². The van der Waals surface area contributed by atoms with E-state index < -0.39 is 0 Å². The molecule has 10 rings (SSSR count). The summed E-state index contributed by atoms with van der Waals surface area (Å²) in [5.41, 5.74) is 15.0. The molecule has 1 atom stereocenters. The summed E-state index contributed by atoms with van der Waals surface area (Å²) in [5, 5.41) is 2.07. The maximum atomic E-state index is 6.85. The van der Waals surface area contributed by atoms with Crippen molar-refractivity contribution < 1.29 is 9.15 Å². The van der Waals surface area contributed by atoms with Gasteiger partial charge in [0.2, 0.25) is 0 Å². The summed E-state index contributed by atoms with van der Waals surface area (Å²) in [7, 11) is 0. The largest absolute Gasteiger partial charge is 0.481 e. The Morgan fingerprint density at radius 3 is 1.71 bits per heavy atom. The van der Waals surface area contributed by atoms with Gasteiger partial charge in [0.15, 0.2) is 5.58 Å². The molecule has 1 aliphatic heterocycles. The molecule has 0 fully saturated rings. The topological polar surface area (TPSA) is 25.6 Å². The molecule has 0 N–H and O–H groups in total. The predicted octanol–water partition coefficient (Wildman–Crippen LogP) is 14.3. The van der Waals surface area contributed by atoms with E-state index in [1.54, 1.807) is 0 Å². The number of para-hydroxylation sites is 1. The standard InChI is InChI=1S/C52H37NO2/c1-35-31-43-33-50-47(34-49(43)54-51(35)41-17-9-4-10-18-41)46-21-12-22-48(52(46)55-50)53(45-20-11-19-42(32-45)37-15-7-3-8-16-37)44-29-27-40(28-30-44)39-25-23-38(24-26-39)36-13-5-2-6-14-36/h2-30,32-34,51H,1,31H2. The summed E-state index contributed by atoms with van der Waals surface area (Å²) < 4.78 is 13.5. The molecule has 0 spiro atoms. The first kappa shape index (κ1) is 32.5. The van der Waals surface area contributed by atoms with Gasteiger partial charge in [-0.1, -0.05) is 158 Å². The molecule has 1 aromatic heterocycles. The summed E-state index contributed by atoms with van der Waals surface area (Å²) in [6.07, 6.45) is 0.547. The van der Waals surface area contributed by atoms with E-state index in [1.807, 2.05) is 18.2 Å². The Balaban J connectivity index is 1.07. The second-order valence-electron chi connectivity index (χ2n) is 14.2. The van der Waals surface area contributed by atoms with Crippen LogP contribution in [0.4, 0.5) is 17.1 Å². The maximum Gasteiger partial charge on any atom is 0.159 e. The van der Waals surface area contributed by atoms with Crippen LogP contribution in [0.1, 0.15) is 17.2 Å². The van der Waals surface area contributed by atoms with Crippen LogP contribution in [0.15, 0.2) is 211 Å². The SMILES string of the molecule is C=C1Cc2cc3oc4c(N(c5ccc(-c6ccc(-c7ccccc7)cc6)cc5)c5cccc(-c6ccccc6)c5)cccc4c3cc2OC1c1ccccc1. The Hall–Kier alpha value is -7.10. The molecular weight excluding hydrogens is 671 g/mol. The van der Waals surface area contributed by atoms with Gasteiger partial charge in [-0.05, 0) is 87.0 Å². The summed E-state index contributed by atoms with van der Waals surface area (Å²) >= 11 is 0. The lowest BCUT2D eigenvalue weighted by Crippen LogP contribution is -2.17. The number of anilines is 3. The number of rotatable bonds is 7. The molecule has 55 heavy (non-hydrogen) atoms. The summed E-state index contributed by atoms with van der Waals surface area (Å²) in [4.78, 5) is 2.31. The van der Waals surface area contributed by atoms with Crippen molar-refractivity contribution in [3.63, 3.8) is 0 Å². The molecule has 9 aromatic rings. The highest BCUT2D eigenvalue weighted by Gasteiger charge is 2.27. The minimum absolute atomic E-state index is 0.183. The summed E-state index contributed by atoms with van der Waals surface area (Å²) in [5.74, 6) is 0.877. The number of nitrogens with zero attached hydrogens (tertiary/aromatic N) is 1. The highest BCUT2D eigenvalue weighted by atomic mass is 16.5. The van der Waals surface area contributed by atoms with E-state index in [0.29, 0.717) is 0 Å². The van der Waals surface area contributed by atoms with Gasteiger partial charge in [0.05, 0.1) is 5.69 Å². The molecular formula is C52H37NO2. The Morgan fingerprint density at radius 1 is 0.473 bits per heavy atom. The van der Waals surface area contributed by atoms with Gasteiger partial charge in [0.1, 0.15) is 17.4 Å². The van der Waals surface area contributed by atoms with Gasteiger partial charge in [0, 0.05) is 34.1 Å². The van der Waals surface area contributed by atoms with E-state index in [9.17, 15) is 0 Å². The maximum absolute atomic E-state index is 6.85. The van der Waals surface area contributed by atoms with E-state index in [2.05, 4.69) is 187 Å². The smallest absolute Gasteiger partial charge is 0.159 e. The van der Waals surface area contributed by atoms with Gasteiger partial charge >= 0.3 is 0 Å². The van der Waals surface area contributed by atoms with Crippen molar-refractivity contribution in [1.29, 1.82) is 0 Å². The molecule has 0 bridgehead atoms. The van der Waals surface area contributed by atoms with E-state index in [4.69, 9.17) is 9.15 Å². The number of hydrogen-bond acceptors (Lipinski definition) is 3. The number of benzene rings is 8. The van der Waals surface area contributed by atoms with E-state index >= 15 is 0 Å². The molecule has 0 radical (unpaired) electrons. The van der Waals surface area contributed by atoms with Crippen molar-refractivity contribution >= 4 is 39.0 Å². The fraction of sp³-hybridized carbons (Fsp3) is 0.0385. The average Bonchev–Trinajstić information content (AvgIpc) is 3.62. The second-order valence-corrected chi connectivity index (χ2v) is 14.2. The number of hydrogen-bond donors (Lipinski definition) is 0. The zero-order chi connectivity index (χ0) is 36.7. The van der Waals surface area contributed by atoms with Crippen LogP contribution in [0.25, 0.3) is 55.3 Å². The predicted molar refractivity (Wildman–Crippen MR) is 227 cm³/mol. The first-order valence-corrected chi connectivity index (χ1v) is 18.8. The molecule has 0 aliphatic carbocycles. The first-order chi connectivity index (χ1) is 27.2. The van der Waals surface area contributed by atoms with Crippen LogP contribution in [0.3, 0.4) is 0 Å². The zero-order valence-electron chi connectivity index (χ0n) is 30.2. The quantitative estimate of drug-likeness (QED) is 0.154. The molecule has 1 aliphatic rings. The molecule has 262 valence electrons. The number of furan rings is 1. The Morgan fingerprint density at radius 2 is 1.04 bits per heavy atom. The average molecular weight is 708 g/mol. The van der Waals surface area contributed by atoms with Crippen molar-refractivity contribution in [3.05, 3.63) is 217 Å². The van der Waals surface area contributed by atoms with Gasteiger partial charge < -0.3 is 14.1 Å². The van der Waals surface area contributed by atoms with Crippen LogP contribution in [-0.2, 0) is 6.42 Å². The first-order valence-electron chi connectivity index (χ1n) is 18.8. The van der Waals surface area contributed by atoms with Gasteiger partial charge in [0.25, 0.3) is 0 Å².